The second-order valence-electron chi connectivity index (χ2n) is 13.1. The number of fused-ring (bicyclic) bond motifs is 3. The quantitative estimate of drug-likeness (QED) is 0.158. The third-order valence-corrected chi connectivity index (χ3v) is 9.88. The smallest absolute Gasteiger partial charge is 0.269 e. The third-order valence-electron chi connectivity index (χ3n) is 9.57. The Balaban J connectivity index is 0.00000236. The zero-order valence-corrected chi connectivity index (χ0v) is 31.3. The van der Waals surface area contributed by atoms with Crippen LogP contribution in [0, 0.1) is 11.8 Å². The van der Waals surface area contributed by atoms with Gasteiger partial charge in [0.05, 0.1) is 28.6 Å². The van der Waals surface area contributed by atoms with Gasteiger partial charge in [-0.15, -0.1) is 0 Å². The number of aliphatic hydroxyl groups is 1. The number of nitrogens with one attached hydrogen (secondary N) is 1. The number of halogens is 1. The Labute approximate surface area is 314 Å². The van der Waals surface area contributed by atoms with Crippen LogP contribution in [0.3, 0.4) is 0 Å². The molecule has 0 radical (unpaired) electrons. The highest BCUT2D eigenvalue weighted by Gasteiger charge is 2.30. The normalized spacial score (nSPS) is 13.2. The first-order valence-corrected chi connectivity index (χ1v) is 18.0. The number of benzene rings is 2. The second kappa shape index (κ2) is 16.0. The lowest BCUT2D eigenvalue weighted by molar-refractivity contribution is -0.130. The fraction of sp³-hybridized carbons (Fsp3) is 0.317. The van der Waals surface area contributed by atoms with Gasteiger partial charge in [0.15, 0.2) is 0 Å². The van der Waals surface area contributed by atoms with E-state index in [9.17, 15) is 14.4 Å². The number of carbonyl (C=O) groups excluding carboxylic acids is 3. The first kappa shape index (κ1) is 37.2. The van der Waals surface area contributed by atoms with Gasteiger partial charge in [-0.3, -0.25) is 24.4 Å². The van der Waals surface area contributed by atoms with Gasteiger partial charge in [0.25, 0.3) is 11.8 Å². The van der Waals surface area contributed by atoms with Crippen molar-refractivity contribution < 1.29 is 19.5 Å². The highest BCUT2D eigenvalue weighted by Crippen LogP contribution is 2.34. The lowest BCUT2D eigenvalue weighted by atomic mass is 10.0. The van der Waals surface area contributed by atoms with Crippen molar-refractivity contribution in [1.29, 1.82) is 0 Å². The van der Waals surface area contributed by atoms with Gasteiger partial charge in [0.1, 0.15) is 11.5 Å². The molecule has 0 aliphatic carbocycles. The second-order valence-corrected chi connectivity index (χ2v) is 13.5. The molecule has 5 heterocycles. The number of nitrogens with zero attached hydrogens (tertiary/aromatic N) is 6. The highest BCUT2D eigenvalue weighted by atomic mass is 35.5. The molecule has 2 N–H and O–H groups in total. The Morgan fingerprint density at radius 3 is 2.55 bits per heavy atom. The SMILES string of the molecule is CCc1nc(-c2cccc3cc(-c4ccc(C(=O)NCCC#Cc5cc6c(cc5Cl)CN(C(C)C)C6=O)nc4)ncc23)c2n1CCN(C(C)=O)C2.CO. The number of imidazole rings is 1. The summed E-state index contributed by atoms with van der Waals surface area (Å²) in [5, 5.41) is 12.4. The first-order chi connectivity index (χ1) is 25.6. The van der Waals surface area contributed by atoms with Crippen LogP contribution < -0.4 is 5.32 Å². The van der Waals surface area contributed by atoms with E-state index in [-0.39, 0.29) is 23.8 Å². The Morgan fingerprint density at radius 2 is 1.83 bits per heavy atom. The van der Waals surface area contributed by atoms with Crippen LogP contribution >= 0.6 is 11.6 Å². The molecular formula is C41H42ClN7O4. The molecule has 2 aliphatic heterocycles. The number of amides is 3. The number of aromatic nitrogens is 4. The summed E-state index contributed by atoms with van der Waals surface area (Å²) in [6, 6.07) is 15.4. The van der Waals surface area contributed by atoms with E-state index in [1.54, 1.807) is 25.3 Å². The summed E-state index contributed by atoms with van der Waals surface area (Å²) in [4.78, 5) is 55.7. The molecule has 3 aromatic heterocycles. The molecule has 272 valence electrons. The minimum atomic E-state index is -0.299. The molecule has 0 fully saturated rings. The van der Waals surface area contributed by atoms with Crippen molar-refractivity contribution in [1.82, 2.24) is 34.6 Å². The van der Waals surface area contributed by atoms with Gasteiger partial charge in [0.2, 0.25) is 5.91 Å². The molecule has 11 nitrogen and oxygen atoms in total. The van der Waals surface area contributed by atoms with E-state index in [4.69, 9.17) is 26.7 Å². The Kier molecular flexibility index (Phi) is 11.2. The van der Waals surface area contributed by atoms with Gasteiger partial charge in [-0.05, 0) is 55.1 Å². The zero-order chi connectivity index (χ0) is 37.8. The number of pyridine rings is 2. The zero-order valence-electron chi connectivity index (χ0n) is 30.5. The summed E-state index contributed by atoms with van der Waals surface area (Å²) in [6.45, 7) is 10.5. The number of aliphatic hydroxyl groups excluding tert-OH is 1. The van der Waals surface area contributed by atoms with Crippen LogP contribution in [0.25, 0.3) is 33.3 Å². The lowest BCUT2D eigenvalue weighted by Crippen LogP contribution is -2.37. The maximum atomic E-state index is 12.8. The largest absolute Gasteiger partial charge is 0.400 e. The van der Waals surface area contributed by atoms with Crippen molar-refractivity contribution in [3.63, 3.8) is 0 Å². The summed E-state index contributed by atoms with van der Waals surface area (Å²) in [5.74, 6) is 6.88. The van der Waals surface area contributed by atoms with E-state index in [1.165, 1.54) is 0 Å². The summed E-state index contributed by atoms with van der Waals surface area (Å²) < 4.78 is 2.25. The molecule has 0 spiro atoms. The molecule has 0 bridgehead atoms. The highest BCUT2D eigenvalue weighted by molar-refractivity contribution is 6.32. The van der Waals surface area contributed by atoms with Crippen molar-refractivity contribution >= 4 is 40.1 Å². The molecule has 0 unspecified atom stereocenters. The maximum Gasteiger partial charge on any atom is 0.269 e. The van der Waals surface area contributed by atoms with Crippen LogP contribution in [0.2, 0.25) is 5.02 Å². The van der Waals surface area contributed by atoms with E-state index in [0.29, 0.717) is 54.4 Å². The van der Waals surface area contributed by atoms with Gasteiger partial charge in [-0.1, -0.05) is 48.6 Å². The molecule has 0 atom stereocenters. The standard InChI is InChI=1S/C40H38ClN7O3.CH4O/c1-5-37-45-38(36-23-46(25(4)49)15-16-47(36)37)30-11-8-10-26-19-35(44-21-32(26)30)28-12-13-34(43-20-28)39(50)42-14-7-6-9-27-17-31-29(18-33(27)41)22-48(24(2)3)40(31)51;1-2/h8,10-13,17-21,24H,5,7,14-16,22-23H2,1-4H3,(H,42,50);2H,1H3. The Morgan fingerprint density at radius 1 is 1.02 bits per heavy atom. The fourth-order valence-corrected chi connectivity index (χ4v) is 7.00. The molecule has 0 saturated heterocycles. The summed E-state index contributed by atoms with van der Waals surface area (Å²) in [5.41, 5.74) is 6.90. The molecule has 2 aliphatic rings. The average Bonchev–Trinajstić information content (AvgIpc) is 3.71. The van der Waals surface area contributed by atoms with Crippen molar-refractivity contribution in [2.75, 3.05) is 20.2 Å². The monoisotopic (exact) mass is 731 g/mol. The van der Waals surface area contributed by atoms with Gasteiger partial charge >= 0.3 is 0 Å². The molecular weight excluding hydrogens is 690 g/mol. The van der Waals surface area contributed by atoms with E-state index < -0.39 is 0 Å². The predicted molar refractivity (Wildman–Crippen MR) is 205 cm³/mol. The molecule has 2 aromatic carbocycles. The topological polar surface area (TPSA) is 134 Å². The van der Waals surface area contributed by atoms with E-state index in [1.807, 2.05) is 60.2 Å². The predicted octanol–water partition coefficient (Wildman–Crippen LogP) is 5.88. The number of rotatable bonds is 7. The van der Waals surface area contributed by atoms with Crippen LogP contribution in [-0.2, 0) is 30.8 Å². The Hall–Kier alpha value is -5.57. The van der Waals surface area contributed by atoms with Crippen LogP contribution in [0.15, 0.2) is 60.9 Å². The van der Waals surface area contributed by atoms with Crippen molar-refractivity contribution in [3.8, 4) is 34.4 Å². The minimum absolute atomic E-state index is 0.00542. The summed E-state index contributed by atoms with van der Waals surface area (Å²) in [6.07, 6.45) is 4.73. The van der Waals surface area contributed by atoms with Crippen molar-refractivity contribution in [3.05, 3.63) is 99.8 Å². The van der Waals surface area contributed by atoms with Gasteiger partial charge < -0.3 is 24.8 Å². The maximum absolute atomic E-state index is 12.8. The van der Waals surface area contributed by atoms with Gasteiger partial charge in [-0.2, -0.15) is 0 Å². The number of aryl methyl sites for hydroxylation is 1. The number of carbonyl (C=O) groups is 3. The molecule has 53 heavy (non-hydrogen) atoms. The molecule has 5 aromatic rings. The molecule has 7 rings (SSSR count). The molecule has 0 saturated carbocycles. The number of hydrogen-bond donors (Lipinski definition) is 2. The van der Waals surface area contributed by atoms with E-state index >= 15 is 0 Å². The van der Waals surface area contributed by atoms with Gasteiger partial charge in [-0.25, -0.2) is 4.98 Å². The van der Waals surface area contributed by atoms with Crippen LogP contribution in [0.1, 0.15) is 77.6 Å². The third kappa shape index (κ3) is 7.52. The van der Waals surface area contributed by atoms with Crippen molar-refractivity contribution in [2.24, 2.45) is 0 Å². The summed E-state index contributed by atoms with van der Waals surface area (Å²) >= 11 is 6.46. The molecule has 12 heteroatoms. The Bertz CT molecular complexity index is 2270. The van der Waals surface area contributed by atoms with E-state index in [2.05, 4.69) is 39.7 Å². The van der Waals surface area contributed by atoms with Crippen molar-refractivity contribution in [2.45, 2.75) is 66.2 Å². The average molecular weight is 732 g/mol. The minimum Gasteiger partial charge on any atom is -0.400 e. The summed E-state index contributed by atoms with van der Waals surface area (Å²) in [7, 11) is 1.00. The van der Waals surface area contributed by atoms with Crippen LogP contribution in [0.4, 0.5) is 0 Å². The van der Waals surface area contributed by atoms with Crippen LogP contribution in [0.5, 0.6) is 0 Å². The van der Waals surface area contributed by atoms with E-state index in [0.717, 1.165) is 70.4 Å². The fourth-order valence-electron chi connectivity index (χ4n) is 6.77. The van der Waals surface area contributed by atoms with Gasteiger partial charge in [0, 0.05) is 99.1 Å². The molecule has 3 amide bonds. The van der Waals surface area contributed by atoms with Crippen LogP contribution in [-0.4, -0.2) is 78.4 Å². The lowest BCUT2D eigenvalue weighted by Gasteiger charge is -2.28. The number of hydrogen-bond acceptors (Lipinski definition) is 7. The first-order valence-electron chi connectivity index (χ1n) is 17.7.